The molecule has 6 aromatic carbocycles. The number of hydrogen-bond acceptors (Lipinski definition) is 8. The van der Waals surface area contributed by atoms with Crippen LogP contribution in [0.3, 0.4) is 0 Å². The summed E-state index contributed by atoms with van der Waals surface area (Å²) in [4.78, 5) is 38.1. The smallest absolute Gasteiger partial charge is 0.413 e. The normalized spacial score (nSPS) is 13.6. The Balaban J connectivity index is 0.000000257. The highest BCUT2D eigenvalue weighted by Crippen LogP contribution is 2.35. The van der Waals surface area contributed by atoms with Gasteiger partial charge in [-0.1, -0.05) is 112 Å². The summed E-state index contributed by atoms with van der Waals surface area (Å²) in [6.07, 6.45) is 4.83. The maximum atomic E-state index is 13.8. The summed E-state index contributed by atoms with van der Waals surface area (Å²) in [5, 5.41) is 12.8. The number of piperidine rings is 3. The van der Waals surface area contributed by atoms with E-state index in [-0.39, 0.29) is 51.7 Å². The van der Waals surface area contributed by atoms with Gasteiger partial charge >= 0.3 is 12.2 Å². The van der Waals surface area contributed by atoms with Crippen LogP contribution in [0.15, 0.2) is 162 Å². The van der Waals surface area contributed by atoms with Crippen LogP contribution in [-0.4, -0.2) is 84.7 Å². The zero-order valence-corrected chi connectivity index (χ0v) is 45.3. The molecular weight excluding hydrogens is 1030 g/mol. The number of halogens is 3. The van der Waals surface area contributed by atoms with Gasteiger partial charge in [-0.25, -0.2) is 22.8 Å². The zero-order valence-electron chi connectivity index (χ0n) is 45.3. The van der Waals surface area contributed by atoms with Gasteiger partial charge in [0.05, 0.1) is 13.2 Å². The van der Waals surface area contributed by atoms with Crippen molar-refractivity contribution in [3.05, 3.63) is 213 Å². The highest BCUT2D eigenvalue weighted by Gasteiger charge is 2.20. The largest absolute Gasteiger partial charge is 0.450 e. The highest BCUT2D eigenvalue weighted by molar-refractivity contribution is 5.92. The van der Waals surface area contributed by atoms with Gasteiger partial charge in [0.1, 0.15) is 17.5 Å². The Morgan fingerprint density at radius 1 is 0.457 bits per heavy atom. The van der Waals surface area contributed by atoms with Crippen LogP contribution in [0.5, 0.6) is 0 Å². The van der Waals surface area contributed by atoms with Crippen LogP contribution in [0.2, 0.25) is 0 Å². The summed E-state index contributed by atoms with van der Waals surface area (Å²) in [7, 11) is 3.45. The average molecular weight is 1110 g/mol. The molecule has 3 heterocycles. The molecule has 11 nitrogen and oxygen atoms in total. The molecule has 0 radical (unpaired) electrons. The Labute approximate surface area is 479 Å². The van der Waals surface area contributed by atoms with E-state index in [1.807, 2.05) is 91.0 Å². The van der Waals surface area contributed by atoms with Crippen molar-refractivity contribution in [1.82, 2.24) is 16.0 Å². The maximum absolute atomic E-state index is 13.8. The Kier molecular flexibility index (Phi) is 26.9. The number of nitrogens with zero attached hydrogens (tertiary/aromatic N) is 2. The molecule has 3 aliphatic rings. The van der Waals surface area contributed by atoms with Crippen LogP contribution in [0, 0.1) is 17.5 Å². The fraction of sp³-hybridized carbons (Fsp3) is 0.328. The predicted octanol–water partition coefficient (Wildman–Crippen LogP) is 15.1. The molecule has 0 spiro atoms. The Morgan fingerprint density at radius 3 is 1.09 bits per heavy atom. The molecule has 3 amide bonds. The molecule has 0 atom stereocenters. The lowest BCUT2D eigenvalue weighted by Crippen LogP contribution is -2.26. The second-order valence-electron chi connectivity index (χ2n) is 19.1. The molecule has 81 heavy (non-hydrogen) atoms. The molecule has 0 saturated carbocycles. The van der Waals surface area contributed by atoms with Crippen LogP contribution in [0.25, 0.3) is 16.7 Å². The molecule has 3 fully saturated rings. The van der Waals surface area contributed by atoms with E-state index in [1.54, 1.807) is 76.2 Å². The number of amides is 3. The second kappa shape index (κ2) is 33.1. The molecule has 0 bridgehead atoms. The van der Waals surface area contributed by atoms with Crippen LogP contribution in [0.1, 0.15) is 115 Å². The number of nitrogens with one attached hydrogen (secondary N) is 4. The summed E-state index contributed by atoms with van der Waals surface area (Å²) < 4.78 is 51.4. The molecule has 0 unspecified atom stereocenters. The lowest BCUT2D eigenvalue weighted by Gasteiger charge is -2.22. The maximum Gasteiger partial charge on any atom is 0.413 e. The minimum Gasteiger partial charge on any atom is -0.450 e. The predicted molar refractivity (Wildman–Crippen MR) is 328 cm³/mol. The van der Waals surface area contributed by atoms with Gasteiger partial charge in [0.15, 0.2) is 0 Å². The van der Waals surface area contributed by atoms with E-state index in [9.17, 15) is 27.6 Å². The Hall–Kier alpha value is -7.78. The first kappa shape index (κ1) is 65.7. The molecule has 0 aliphatic carbocycles. The first-order valence-electron chi connectivity index (χ1n) is 26.8. The van der Waals surface area contributed by atoms with Crippen molar-refractivity contribution in [2.75, 3.05) is 81.7 Å². The topological polar surface area (TPSA) is 124 Å². The van der Waals surface area contributed by atoms with Gasteiger partial charge < -0.3 is 30.3 Å². The SMILES string of the molecule is C.C.C.CC(=O)N(C)c1ccc(C(=C2CCNCC2)c2cccc(F)c2)cc1.CCOC(=O)N(C)c1ccc(C(=C2CCNCC2)c2cccc(F)c2)cc1.CCOC(=O)Nc1ccc(C(=C2CCNCC2)c2cccc(F)c2)cc1. The molecule has 432 valence electrons. The summed E-state index contributed by atoms with van der Waals surface area (Å²) in [6.45, 7) is 11.4. The fourth-order valence-corrected chi connectivity index (χ4v) is 9.81. The second-order valence-corrected chi connectivity index (χ2v) is 19.1. The molecule has 4 N–H and O–H groups in total. The van der Waals surface area contributed by atoms with Gasteiger partial charge in [0.25, 0.3) is 0 Å². The highest BCUT2D eigenvalue weighted by atomic mass is 19.1. The van der Waals surface area contributed by atoms with Gasteiger partial charge in [0.2, 0.25) is 5.91 Å². The number of anilines is 3. The number of carbonyl (C=O) groups excluding carboxylic acids is 3. The van der Waals surface area contributed by atoms with Gasteiger partial charge in [-0.3, -0.25) is 15.0 Å². The van der Waals surface area contributed by atoms with Crippen molar-refractivity contribution in [1.29, 1.82) is 0 Å². The van der Waals surface area contributed by atoms with E-state index in [0.717, 1.165) is 139 Å². The minimum absolute atomic E-state index is 0. The van der Waals surface area contributed by atoms with Gasteiger partial charge in [-0.2, -0.15) is 0 Å². The molecule has 3 aliphatic heterocycles. The number of ether oxygens (including phenoxy) is 2. The fourth-order valence-electron chi connectivity index (χ4n) is 9.81. The third-order valence-electron chi connectivity index (χ3n) is 13.8. The summed E-state index contributed by atoms with van der Waals surface area (Å²) >= 11 is 0. The van der Waals surface area contributed by atoms with Crippen LogP contribution in [0.4, 0.5) is 39.8 Å². The molecular formula is C67H83F3N6O5. The van der Waals surface area contributed by atoms with Gasteiger partial charge in [0, 0.05) is 38.1 Å². The standard InChI is InChI=1S/C22H25FN2O2.C21H23FN2O2.C21H23FN2O.3CH4/c1-3-27-22(26)25(2)20-9-7-16(8-10-20)21(17-11-13-24-14-12-17)18-5-4-6-19(23)15-18;1-2-26-21(25)24-19-8-6-15(7-9-19)20(16-10-12-23-13-11-16)17-4-3-5-18(22)14-17;1-15(25)24(2)20-8-6-16(7-9-20)21(17-10-12-23-13-11-17)18-4-3-5-19(22)14-18;;;/h4-10,15,24H,3,11-14H2,1-2H3;3-9,14,23H,2,10-13H2,1H3,(H,24,25);3-9,14,23H,10-13H2,1-2H3;3*1H4. The van der Waals surface area contributed by atoms with Crippen molar-refractivity contribution < 1.29 is 37.0 Å². The van der Waals surface area contributed by atoms with Crippen molar-refractivity contribution in [3.63, 3.8) is 0 Å². The summed E-state index contributed by atoms with van der Waals surface area (Å²) in [5.74, 6) is -0.708. The molecule has 9 rings (SSSR count). The summed E-state index contributed by atoms with van der Waals surface area (Å²) in [5.41, 5.74) is 15.3. The third-order valence-corrected chi connectivity index (χ3v) is 13.8. The third kappa shape index (κ3) is 18.6. The van der Waals surface area contributed by atoms with E-state index in [4.69, 9.17) is 9.47 Å². The average Bonchev–Trinajstić information content (AvgIpc) is 3.51. The van der Waals surface area contributed by atoms with Crippen molar-refractivity contribution in [2.45, 2.75) is 81.6 Å². The molecule has 0 aromatic heterocycles. The Bertz CT molecular complexity index is 3060. The van der Waals surface area contributed by atoms with E-state index in [0.29, 0.717) is 18.9 Å². The van der Waals surface area contributed by atoms with E-state index >= 15 is 0 Å². The number of hydrogen-bond donors (Lipinski definition) is 4. The molecule has 3 saturated heterocycles. The lowest BCUT2D eigenvalue weighted by molar-refractivity contribution is -0.116. The van der Waals surface area contributed by atoms with Crippen molar-refractivity contribution in [3.8, 4) is 0 Å². The summed E-state index contributed by atoms with van der Waals surface area (Å²) in [6, 6.07) is 43.5. The zero-order chi connectivity index (χ0) is 55.4. The lowest BCUT2D eigenvalue weighted by atomic mass is 9.88. The van der Waals surface area contributed by atoms with Gasteiger partial charge in [-0.05, 0) is 215 Å². The van der Waals surface area contributed by atoms with Gasteiger partial charge in [-0.15, -0.1) is 0 Å². The first-order valence-corrected chi connectivity index (χ1v) is 26.8. The number of benzene rings is 6. The van der Waals surface area contributed by atoms with E-state index in [1.165, 1.54) is 39.8 Å². The van der Waals surface area contributed by atoms with E-state index < -0.39 is 6.09 Å². The quantitative estimate of drug-likeness (QED) is 0.101. The van der Waals surface area contributed by atoms with E-state index in [2.05, 4.69) is 21.3 Å². The molecule has 6 aromatic rings. The monoisotopic (exact) mass is 1110 g/mol. The number of carbonyl (C=O) groups is 3. The first-order chi connectivity index (χ1) is 37.8. The van der Waals surface area contributed by atoms with Crippen LogP contribution < -0.4 is 31.1 Å². The Morgan fingerprint density at radius 2 is 0.778 bits per heavy atom. The van der Waals surface area contributed by atoms with Crippen molar-refractivity contribution in [2.24, 2.45) is 0 Å². The minimum atomic E-state index is -0.470. The van der Waals surface area contributed by atoms with Crippen molar-refractivity contribution >= 4 is 51.9 Å². The van der Waals surface area contributed by atoms with Crippen LogP contribution in [-0.2, 0) is 14.3 Å². The van der Waals surface area contributed by atoms with Crippen LogP contribution >= 0.6 is 0 Å². The number of rotatable bonds is 11. The molecule has 14 heteroatoms.